The molecule has 0 radical (unpaired) electrons. The molecule has 0 saturated carbocycles. The van der Waals surface area contributed by atoms with E-state index in [0.717, 1.165) is 6.07 Å². The van der Waals surface area contributed by atoms with Crippen molar-refractivity contribution in [2.45, 2.75) is 6.18 Å². The number of alkyl halides is 3. The van der Waals surface area contributed by atoms with Gasteiger partial charge in [-0.25, -0.2) is 0 Å². The molecule has 0 amide bonds. The molecule has 0 aliphatic carbocycles. The van der Waals surface area contributed by atoms with Gasteiger partial charge >= 0.3 is 6.18 Å². The minimum atomic E-state index is -4.37. The molecule has 1 heterocycles. The number of hydrogen-bond acceptors (Lipinski definition) is 2. The maximum atomic E-state index is 12.9. The fourth-order valence-electron chi connectivity index (χ4n) is 1.95. The minimum absolute atomic E-state index is 0.100. The highest BCUT2D eigenvalue weighted by Crippen LogP contribution is 2.40. The van der Waals surface area contributed by atoms with Crippen molar-refractivity contribution in [3.05, 3.63) is 28.8 Å². The van der Waals surface area contributed by atoms with Crippen LogP contribution in [0.5, 0.6) is 0 Å². The SMILES string of the molecule is FC(F)(F)c1cccc(Cl)c1N1CCNCC1. The van der Waals surface area contributed by atoms with Crippen LogP contribution in [0.1, 0.15) is 5.56 Å². The third-order valence-electron chi connectivity index (χ3n) is 2.73. The predicted molar refractivity (Wildman–Crippen MR) is 61.5 cm³/mol. The Morgan fingerprint density at radius 2 is 1.82 bits per heavy atom. The zero-order valence-corrected chi connectivity index (χ0v) is 9.78. The van der Waals surface area contributed by atoms with E-state index in [1.165, 1.54) is 12.1 Å². The quantitative estimate of drug-likeness (QED) is 0.839. The van der Waals surface area contributed by atoms with Crippen molar-refractivity contribution in [3.63, 3.8) is 0 Å². The summed E-state index contributed by atoms with van der Waals surface area (Å²) in [6.45, 7) is 2.41. The molecule has 0 spiro atoms. The van der Waals surface area contributed by atoms with E-state index >= 15 is 0 Å². The second-order valence-electron chi connectivity index (χ2n) is 3.87. The molecule has 1 fully saturated rings. The van der Waals surface area contributed by atoms with Gasteiger partial charge < -0.3 is 10.2 Å². The third-order valence-corrected chi connectivity index (χ3v) is 3.03. The summed E-state index contributed by atoms with van der Waals surface area (Å²) in [6, 6.07) is 3.90. The summed E-state index contributed by atoms with van der Waals surface area (Å²) < 4.78 is 38.6. The van der Waals surface area contributed by atoms with E-state index in [1.54, 1.807) is 4.90 Å². The Bertz CT molecular complexity index is 400. The van der Waals surface area contributed by atoms with Gasteiger partial charge in [0.05, 0.1) is 16.3 Å². The molecule has 6 heteroatoms. The Hall–Kier alpha value is -0.940. The number of hydrogen-bond donors (Lipinski definition) is 1. The van der Waals surface area contributed by atoms with Gasteiger partial charge in [0.15, 0.2) is 0 Å². The van der Waals surface area contributed by atoms with Crippen LogP contribution in [0.3, 0.4) is 0 Å². The zero-order chi connectivity index (χ0) is 12.5. The molecule has 1 N–H and O–H groups in total. The van der Waals surface area contributed by atoms with Crippen LogP contribution in [-0.4, -0.2) is 26.2 Å². The maximum absolute atomic E-state index is 12.9. The number of benzene rings is 1. The van der Waals surface area contributed by atoms with E-state index in [2.05, 4.69) is 5.32 Å². The predicted octanol–water partition coefficient (Wildman–Crippen LogP) is 2.77. The smallest absolute Gasteiger partial charge is 0.367 e. The first kappa shape index (κ1) is 12.5. The molecule has 0 bridgehead atoms. The molecule has 1 aliphatic rings. The van der Waals surface area contributed by atoms with Gasteiger partial charge in [-0.1, -0.05) is 17.7 Å². The topological polar surface area (TPSA) is 15.3 Å². The lowest BCUT2D eigenvalue weighted by Crippen LogP contribution is -2.44. The summed E-state index contributed by atoms with van der Waals surface area (Å²) in [7, 11) is 0. The Labute approximate surface area is 102 Å². The largest absolute Gasteiger partial charge is 0.418 e. The first-order valence-electron chi connectivity index (χ1n) is 5.31. The van der Waals surface area contributed by atoms with E-state index in [1.807, 2.05) is 0 Å². The molecule has 0 atom stereocenters. The number of para-hydroxylation sites is 1. The summed E-state index contributed by atoms with van der Waals surface area (Å²) >= 11 is 5.91. The zero-order valence-electron chi connectivity index (χ0n) is 9.02. The van der Waals surface area contributed by atoms with Crippen molar-refractivity contribution in [1.29, 1.82) is 0 Å². The molecule has 94 valence electrons. The van der Waals surface area contributed by atoms with E-state index in [9.17, 15) is 13.2 Å². The summed E-state index contributed by atoms with van der Waals surface area (Å²) in [5.74, 6) is 0. The van der Waals surface area contributed by atoms with Gasteiger partial charge in [0.25, 0.3) is 0 Å². The molecule has 0 aromatic heterocycles. The second-order valence-corrected chi connectivity index (χ2v) is 4.28. The van der Waals surface area contributed by atoms with Crippen LogP contribution in [0.2, 0.25) is 5.02 Å². The molecule has 1 aromatic carbocycles. The highest BCUT2D eigenvalue weighted by molar-refractivity contribution is 6.33. The first-order valence-corrected chi connectivity index (χ1v) is 5.69. The summed E-state index contributed by atoms with van der Waals surface area (Å²) in [6.07, 6.45) is -4.37. The molecule has 0 unspecified atom stereocenters. The van der Waals surface area contributed by atoms with Crippen molar-refractivity contribution < 1.29 is 13.2 Å². The molecule has 1 aromatic rings. The van der Waals surface area contributed by atoms with Gasteiger partial charge in [0.2, 0.25) is 0 Å². The monoisotopic (exact) mass is 264 g/mol. The summed E-state index contributed by atoms with van der Waals surface area (Å²) in [5, 5.41) is 3.25. The molecule has 1 aliphatic heterocycles. The van der Waals surface area contributed by atoms with Gasteiger partial charge in [-0.05, 0) is 12.1 Å². The van der Waals surface area contributed by atoms with Crippen molar-refractivity contribution >= 4 is 17.3 Å². The number of rotatable bonds is 1. The summed E-state index contributed by atoms with van der Waals surface area (Å²) in [4.78, 5) is 1.68. The van der Waals surface area contributed by atoms with Crippen LogP contribution in [0.15, 0.2) is 18.2 Å². The molecular weight excluding hydrogens is 253 g/mol. The molecule has 17 heavy (non-hydrogen) atoms. The average Bonchev–Trinajstić information content (AvgIpc) is 2.28. The fourth-order valence-corrected chi connectivity index (χ4v) is 2.25. The lowest BCUT2D eigenvalue weighted by molar-refractivity contribution is -0.137. The minimum Gasteiger partial charge on any atom is -0.367 e. The highest BCUT2D eigenvalue weighted by Gasteiger charge is 2.36. The second kappa shape index (κ2) is 4.74. The van der Waals surface area contributed by atoms with E-state index in [-0.39, 0.29) is 10.7 Å². The maximum Gasteiger partial charge on any atom is 0.418 e. The molecule has 2 nitrogen and oxygen atoms in total. The number of anilines is 1. The van der Waals surface area contributed by atoms with Gasteiger partial charge in [-0.2, -0.15) is 13.2 Å². The van der Waals surface area contributed by atoms with Crippen LogP contribution in [0.25, 0.3) is 0 Å². The first-order chi connectivity index (χ1) is 8.00. The molecular formula is C11H12ClF3N2. The van der Waals surface area contributed by atoms with E-state index in [0.29, 0.717) is 26.2 Å². The fraction of sp³-hybridized carbons (Fsp3) is 0.455. The van der Waals surface area contributed by atoms with E-state index < -0.39 is 11.7 Å². The van der Waals surface area contributed by atoms with Crippen LogP contribution in [-0.2, 0) is 6.18 Å². The Morgan fingerprint density at radius 3 is 2.41 bits per heavy atom. The average molecular weight is 265 g/mol. The number of nitrogens with one attached hydrogen (secondary N) is 1. The summed E-state index contributed by atoms with van der Waals surface area (Å²) in [5.41, 5.74) is -0.560. The third kappa shape index (κ3) is 2.66. The number of piperazine rings is 1. The van der Waals surface area contributed by atoms with Gasteiger partial charge in [0.1, 0.15) is 0 Å². The van der Waals surface area contributed by atoms with Gasteiger partial charge in [0, 0.05) is 26.2 Å². The lowest BCUT2D eigenvalue weighted by atomic mass is 10.1. The van der Waals surface area contributed by atoms with Crippen molar-refractivity contribution in [3.8, 4) is 0 Å². The highest BCUT2D eigenvalue weighted by atomic mass is 35.5. The standard InChI is InChI=1S/C11H12ClF3N2/c12-9-3-1-2-8(11(13,14)15)10(9)17-6-4-16-5-7-17/h1-3,16H,4-7H2. The van der Waals surface area contributed by atoms with Gasteiger partial charge in [-0.3, -0.25) is 0 Å². The number of halogens is 4. The van der Waals surface area contributed by atoms with Crippen molar-refractivity contribution in [2.24, 2.45) is 0 Å². The Morgan fingerprint density at radius 1 is 1.18 bits per heavy atom. The van der Waals surface area contributed by atoms with Crippen molar-refractivity contribution in [1.82, 2.24) is 5.32 Å². The van der Waals surface area contributed by atoms with Crippen LogP contribution in [0, 0.1) is 0 Å². The molecule has 2 rings (SSSR count). The van der Waals surface area contributed by atoms with Crippen molar-refractivity contribution in [2.75, 3.05) is 31.1 Å². The van der Waals surface area contributed by atoms with Gasteiger partial charge in [-0.15, -0.1) is 0 Å². The van der Waals surface area contributed by atoms with Crippen LogP contribution >= 0.6 is 11.6 Å². The van der Waals surface area contributed by atoms with Crippen LogP contribution in [0.4, 0.5) is 18.9 Å². The lowest BCUT2D eigenvalue weighted by Gasteiger charge is -2.32. The molecule has 1 saturated heterocycles. The Balaban J connectivity index is 2.43. The Kier molecular flexibility index (Phi) is 3.49. The van der Waals surface area contributed by atoms with Crippen LogP contribution < -0.4 is 10.2 Å². The number of nitrogens with zero attached hydrogens (tertiary/aromatic N) is 1. The normalized spacial score (nSPS) is 17.3. The van der Waals surface area contributed by atoms with E-state index in [4.69, 9.17) is 11.6 Å².